The van der Waals surface area contributed by atoms with Crippen LogP contribution in [0.5, 0.6) is 0 Å². The predicted octanol–water partition coefficient (Wildman–Crippen LogP) is 1.96. The van der Waals surface area contributed by atoms with Crippen LogP contribution in [-0.2, 0) is 10.0 Å². The Hall–Kier alpha value is -0.980. The van der Waals surface area contributed by atoms with Gasteiger partial charge in [-0.15, -0.1) is 0 Å². The summed E-state index contributed by atoms with van der Waals surface area (Å²) in [6.45, 7) is 1.93. The monoisotopic (exact) mass is 301 g/mol. The number of hydrogen-bond donors (Lipinski definition) is 2. The first-order chi connectivity index (χ1) is 9.38. The van der Waals surface area contributed by atoms with E-state index in [4.69, 9.17) is 0 Å². The quantitative estimate of drug-likeness (QED) is 0.893. The summed E-state index contributed by atoms with van der Waals surface area (Å²) in [5.41, 5.74) is 0.421. The average Bonchev–Trinajstić information content (AvgIpc) is 2.41. The van der Waals surface area contributed by atoms with Crippen LogP contribution in [0.15, 0.2) is 23.1 Å². The molecule has 0 unspecified atom stereocenters. The predicted molar refractivity (Wildman–Crippen MR) is 74.3 cm³/mol. The maximum Gasteiger partial charge on any atom is 0.240 e. The molecule has 0 saturated heterocycles. The number of aryl methyl sites for hydroxylation is 1. The maximum atomic E-state index is 13.4. The van der Waals surface area contributed by atoms with Crippen LogP contribution >= 0.6 is 0 Å². The SMILES string of the molecule is Cc1ccc(S(=O)(=O)NCC2CCC(O)CC2)cc1F. The van der Waals surface area contributed by atoms with Gasteiger partial charge in [-0.05, 0) is 56.2 Å². The van der Waals surface area contributed by atoms with Gasteiger partial charge in [-0.3, -0.25) is 0 Å². The Kier molecular flexibility index (Phi) is 4.78. The van der Waals surface area contributed by atoms with E-state index in [1.165, 1.54) is 12.1 Å². The summed E-state index contributed by atoms with van der Waals surface area (Å²) in [6, 6.07) is 3.91. The largest absolute Gasteiger partial charge is 0.393 e. The van der Waals surface area contributed by atoms with Gasteiger partial charge in [0.15, 0.2) is 0 Å². The molecule has 2 N–H and O–H groups in total. The van der Waals surface area contributed by atoms with Crippen molar-refractivity contribution < 1.29 is 17.9 Å². The zero-order valence-electron chi connectivity index (χ0n) is 11.5. The van der Waals surface area contributed by atoms with Crippen molar-refractivity contribution in [3.05, 3.63) is 29.6 Å². The Bertz CT molecular complexity index is 566. The minimum Gasteiger partial charge on any atom is -0.393 e. The molecule has 0 aromatic heterocycles. The molecular weight excluding hydrogens is 281 g/mol. The molecule has 0 amide bonds. The molecule has 0 radical (unpaired) electrons. The first kappa shape index (κ1) is 15.4. The van der Waals surface area contributed by atoms with E-state index >= 15 is 0 Å². The molecular formula is C14H20FNO3S. The number of rotatable bonds is 4. The van der Waals surface area contributed by atoms with Crippen molar-refractivity contribution in [2.75, 3.05) is 6.54 Å². The first-order valence-electron chi connectivity index (χ1n) is 6.82. The molecule has 1 aliphatic carbocycles. The van der Waals surface area contributed by atoms with Crippen LogP contribution in [0.1, 0.15) is 31.2 Å². The highest BCUT2D eigenvalue weighted by Gasteiger charge is 2.22. The fraction of sp³-hybridized carbons (Fsp3) is 0.571. The van der Waals surface area contributed by atoms with E-state index in [-0.39, 0.29) is 16.9 Å². The van der Waals surface area contributed by atoms with Crippen LogP contribution in [-0.4, -0.2) is 26.2 Å². The second kappa shape index (κ2) is 6.20. The van der Waals surface area contributed by atoms with E-state index in [0.717, 1.165) is 18.9 Å². The van der Waals surface area contributed by atoms with Gasteiger partial charge >= 0.3 is 0 Å². The molecule has 2 rings (SSSR count). The van der Waals surface area contributed by atoms with Crippen molar-refractivity contribution in [2.45, 2.75) is 43.6 Å². The fourth-order valence-corrected chi connectivity index (χ4v) is 3.53. The van der Waals surface area contributed by atoms with Crippen molar-refractivity contribution in [3.8, 4) is 0 Å². The molecule has 1 fully saturated rings. The maximum absolute atomic E-state index is 13.4. The molecule has 0 atom stereocenters. The molecule has 6 heteroatoms. The lowest BCUT2D eigenvalue weighted by Gasteiger charge is -2.25. The third kappa shape index (κ3) is 3.77. The number of nitrogens with one attached hydrogen (secondary N) is 1. The standard InChI is InChI=1S/C14H20FNO3S/c1-10-2-7-13(8-14(10)15)20(18,19)16-9-11-3-5-12(17)6-4-11/h2,7-8,11-12,16-17H,3-6,9H2,1H3. The summed E-state index contributed by atoms with van der Waals surface area (Å²) in [5.74, 6) is -0.280. The molecule has 1 aliphatic rings. The Morgan fingerprint density at radius 3 is 2.55 bits per heavy atom. The van der Waals surface area contributed by atoms with Gasteiger partial charge in [0.25, 0.3) is 0 Å². The molecule has 20 heavy (non-hydrogen) atoms. The van der Waals surface area contributed by atoms with Crippen LogP contribution in [0.25, 0.3) is 0 Å². The molecule has 0 heterocycles. The lowest BCUT2D eigenvalue weighted by molar-refractivity contribution is 0.109. The van der Waals surface area contributed by atoms with Crippen LogP contribution < -0.4 is 4.72 Å². The number of aliphatic hydroxyl groups excluding tert-OH is 1. The Morgan fingerprint density at radius 2 is 1.95 bits per heavy atom. The van der Waals surface area contributed by atoms with E-state index in [9.17, 15) is 17.9 Å². The smallest absolute Gasteiger partial charge is 0.240 e. The molecule has 0 bridgehead atoms. The van der Waals surface area contributed by atoms with Gasteiger partial charge in [0.2, 0.25) is 10.0 Å². The zero-order valence-corrected chi connectivity index (χ0v) is 12.3. The van der Waals surface area contributed by atoms with Crippen molar-refractivity contribution >= 4 is 10.0 Å². The van der Waals surface area contributed by atoms with E-state index in [2.05, 4.69) is 4.72 Å². The van der Waals surface area contributed by atoms with Crippen molar-refractivity contribution in [1.29, 1.82) is 0 Å². The van der Waals surface area contributed by atoms with Crippen LogP contribution in [0.2, 0.25) is 0 Å². The second-order valence-corrected chi connectivity index (χ2v) is 7.20. The van der Waals surface area contributed by atoms with E-state index in [1.807, 2.05) is 0 Å². The van der Waals surface area contributed by atoms with Crippen molar-refractivity contribution in [1.82, 2.24) is 4.72 Å². The molecule has 0 aliphatic heterocycles. The molecule has 1 aromatic carbocycles. The van der Waals surface area contributed by atoms with Crippen LogP contribution in [0.3, 0.4) is 0 Å². The normalized spacial score (nSPS) is 23.8. The summed E-state index contributed by atoms with van der Waals surface area (Å²) in [6.07, 6.45) is 2.80. The number of aliphatic hydroxyl groups is 1. The number of hydrogen-bond acceptors (Lipinski definition) is 3. The van der Waals surface area contributed by atoms with Gasteiger partial charge in [0.05, 0.1) is 11.0 Å². The topological polar surface area (TPSA) is 66.4 Å². The first-order valence-corrected chi connectivity index (χ1v) is 8.30. The highest BCUT2D eigenvalue weighted by atomic mass is 32.2. The summed E-state index contributed by atoms with van der Waals surface area (Å²) in [5, 5.41) is 9.41. The zero-order chi connectivity index (χ0) is 14.8. The van der Waals surface area contributed by atoms with Crippen LogP contribution in [0.4, 0.5) is 4.39 Å². The van der Waals surface area contributed by atoms with Crippen molar-refractivity contribution in [3.63, 3.8) is 0 Å². The third-order valence-corrected chi connectivity index (χ3v) is 5.25. The number of benzene rings is 1. The van der Waals surface area contributed by atoms with Gasteiger partial charge in [-0.25, -0.2) is 17.5 Å². The molecule has 1 aromatic rings. The highest BCUT2D eigenvalue weighted by Crippen LogP contribution is 2.24. The minimum atomic E-state index is -3.66. The number of sulfonamides is 1. The summed E-state index contributed by atoms with van der Waals surface area (Å²) < 4.78 is 40.1. The van der Waals surface area contributed by atoms with E-state index < -0.39 is 15.8 Å². The Labute approximate surface area is 119 Å². The van der Waals surface area contributed by atoms with Crippen LogP contribution in [0, 0.1) is 18.7 Å². The lowest BCUT2D eigenvalue weighted by atomic mass is 9.88. The molecule has 1 saturated carbocycles. The van der Waals surface area contributed by atoms with Gasteiger partial charge in [0, 0.05) is 6.54 Å². The lowest BCUT2D eigenvalue weighted by Crippen LogP contribution is -2.32. The van der Waals surface area contributed by atoms with Gasteiger partial charge in [0.1, 0.15) is 5.82 Å². The fourth-order valence-electron chi connectivity index (χ4n) is 2.40. The highest BCUT2D eigenvalue weighted by molar-refractivity contribution is 7.89. The van der Waals surface area contributed by atoms with Crippen molar-refractivity contribution in [2.24, 2.45) is 5.92 Å². The average molecular weight is 301 g/mol. The third-order valence-electron chi connectivity index (χ3n) is 3.83. The Balaban J connectivity index is 1.98. The van der Waals surface area contributed by atoms with E-state index in [1.54, 1.807) is 6.92 Å². The molecule has 0 spiro atoms. The second-order valence-electron chi connectivity index (χ2n) is 5.44. The minimum absolute atomic E-state index is 0.0450. The Morgan fingerprint density at radius 1 is 1.30 bits per heavy atom. The summed E-state index contributed by atoms with van der Waals surface area (Å²) in [4.78, 5) is -0.0450. The van der Waals surface area contributed by atoms with Gasteiger partial charge in [-0.1, -0.05) is 6.07 Å². The molecule has 112 valence electrons. The molecule has 4 nitrogen and oxygen atoms in total. The van der Waals surface area contributed by atoms with Gasteiger partial charge < -0.3 is 5.11 Å². The van der Waals surface area contributed by atoms with E-state index in [0.29, 0.717) is 24.9 Å². The summed E-state index contributed by atoms with van der Waals surface area (Å²) in [7, 11) is -3.66. The number of halogens is 1. The summed E-state index contributed by atoms with van der Waals surface area (Å²) >= 11 is 0. The van der Waals surface area contributed by atoms with Gasteiger partial charge in [-0.2, -0.15) is 0 Å².